The zero-order valence-corrected chi connectivity index (χ0v) is 13.4. The van der Waals surface area contributed by atoms with Crippen LogP contribution in [0, 0.1) is 5.92 Å². The van der Waals surface area contributed by atoms with E-state index in [9.17, 15) is 8.42 Å². The first kappa shape index (κ1) is 16.3. The first-order valence-corrected chi connectivity index (χ1v) is 9.10. The molecule has 1 fully saturated rings. The number of nitrogens with two attached hydrogens (primary N) is 1. The number of hydrogen-bond acceptors (Lipinski definition) is 4. The molecule has 1 atom stereocenters. The van der Waals surface area contributed by atoms with Gasteiger partial charge in [-0.05, 0) is 43.9 Å². The van der Waals surface area contributed by atoms with Crippen LogP contribution < -0.4 is 15.4 Å². The molecule has 0 amide bonds. The van der Waals surface area contributed by atoms with Gasteiger partial charge in [-0.2, -0.15) is 0 Å². The number of sulfonamides is 1. The van der Waals surface area contributed by atoms with Crippen LogP contribution >= 0.6 is 0 Å². The number of hydrogen-bond donors (Lipinski definition) is 2. The maximum atomic E-state index is 12.4. The second kappa shape index (κ2) is 7.24. The molecule has 21 heavy (non-hydrogen) atoms. The summed E-state index contributed by atoms with van der Waals surface area (Å²) >= 11 is 0. The molecule has 0 radical (unpaired) electrons. The van der Waals surface area contributed by atoms with Crippen LogP contribution in [0.15, 0.2) is 29.2 Å². The van der Waals surface area contributed by atoms with E-state index in [0.717, 1.165) is 38.0 Å². The van der Waals surface area contributed by atoms with Crippen molar-refractivity contribution in [3.05, 3.63) is 24.3 Å². The highest BCUT2D eigenvalue weighted by Gasteiger charge is 2.25. The number of benzene rings is 1. The summed E-state index contributed by atoms with van der Waals surface area (Å²) in [6.45, 7) is 4.78. The molecule has 1 saturated heterocycles. The Balaban J connectivity index is 2.28. The molecule has 3 N–H and O–H groups in total. The van der Waals surface area contributed by atoms with E-state index in [2.05, 4.69) is 9.62 Å². The van der Waals surface area contributed by atoms with Gasteiger partial charge in [-0.15, -0.1) is 0 Å². The van der Waals surface area contributed by atoms with Crippen molar-refractivity contribution in [2.24, 2.45) is 11.7 Å². The van der Waals surface area contributed by atoms with Gasteiger partial charge in [-0.25, -0.2) is 13.1 Å². The third kappa shape index (κ3) is 3.96. The van der Waals surface area contributed by atoms with Crippen LogP contribution in [0.5, 0.6) is 0 Å². The summed E-state index contributed by atoms with van der Waals surface area (Å²) in [7, 11) is -3.45. The van der Waals surface area contributed by atoms with Gasteiger partial charge in [0.05, 0.1) is 5.69 Å². The van der Waals surface area contributed by atoms with Crippen molar-refractivity contribution in [3.63, 3.8) is 0 Å². The van der Waals surface area contributed by atoms with Gasteiger partial charge in [-0.3, -0.25) is 0 Å². The number of rotatable bonds is 6. The molecule has 0 spiro atoms. The van der Waals surface area contributed by atoms with Crippen molar-refractivity contribution < 1.29 is 8.42 Å². The van der Waals surface area contributed by atoms with Gasteiger partial charge in [0, 0.05) is 19.6 Å². The molecular formula is C15H25N3O2S. The largest absolute Gasteiger partial charge is 0.370 e. The minimum absolute atomic E-state index is 0.371. The van der Waals surface area contributed by atoms with Crippen molar-refractivity contribution in [1.29, 1.82) is 0 Å². The van der Waals surface area contributed by atoms with E-state index in [-0.39, 0.29) is 0 Å². The number of anilines is 1. The Morgan fingerprint density at radius 1 is 1.38 bits per heavy atom. The quantitative estimate of drug-likeness (QED) is 0.836. The topological polar surface area (TPSA) is 75.4 Å². The normalized spacial score (nSPS) is 19.7. The summed E-state index contributed by atoms with van der Waals surface area (Å²) < 4.78 is 27.5. The number of nitrogens with one attached hydrogen (secondary N) is 1. The van der Waals surface area contributed by atoms with Gasteiger partial charge in [0.25, 0.3) is 0 Å². The van der Waals surface area contributed by atoms with Crippen LogP contribution in [-0.4, -0.2) is 34.6 Å². The van der Waals surface area contributed by atoms with Crippen molar-refractivity contribution in [1.82, 2.24) is 4.72 Å². The highest BCUT2D eigenvalue weighted by molar-refractivity contribution is 7.89. The lowest BCUT2D eigenvalue weighted by Crippen LogP contribution is -2.39. The SMILES string of the molecule is CCCNS(=O)(=O)c1ccccc1N1CCCC(CN)C1. The van der Waals surface area contributed by atoms with E-state index in [4.69, 9.17) is 5.73 Å². The van der Waals surface area contributed by atoms with Gasteiger partial charge in [0.15, 0.2) is 0 Å². The van der Waals surface area contributed by atoms with Crippen LogP contribution in [0.1, 0.15) is 26.2 Å². The van der Waals surface area contributed by atoms with E-state index in [0.29, 0.717) is 23.9 Å². The van der Waals surface area contributed by atoms with Crippen molar-refractivity contribution in [2.75, 3.05) is 31.1 Å². The smallest absolute Gasteiger partial charge is 0.242 e. The predicted molar refractivity (Wildman–Crippen MR) is 85.9 cm³/mol. The standard InChI is InChI=1S/C15H25N3O2S/c1-2-9-17-21(19,20)15-8-4-3-7-14(15)18-10-5-6-13(11-16)12-18/h3-4,7-8,13,17H,2,5-6,9-12,16H2,1H3. The Hall–Kier alpha value is -1.11. The van der Waals surface area contributed by atoms with Gasteiger partial charge >= 0.3 is 0 Å². The molecule has 1 aromatic rings. The fraction of sp³-hybridized carbons (Fsp3) is 0.600. The zero-order chi connectivity index (χ0) is 15.3. The second-order valence-corrected chi connectivity index (χ2v) is 7.29. The van der Waals surface area contributed by atoms with Crippen molar-refractivity contribution in [3.8, 4) is 0 Å². The molecule has 1 aliphatic rings. The van der Waals surface area contributed by atoms with Crippen molar-refractivity contribution in [2.45, 2.75) is 31.1 Å². The highest BCUT2D eigenvalue weighted by atomic mass is 32.2. The van der Waals surface area contributed by atoms with Crippen LogP contribution in [-0.2, 0) is 10.0 Å². The molecule has 0 saturated carbocycles. The summed E-state index contributed by atoms with van der Waals surface area (Å²) in [5, 5.41) is 0. The molecule has 0 aliphatic carbocycles. The molecule has 2 rings (SSSR count). The van der Waals surface area contributed by atoms with Gasteiger partial charge in [0.2, 0.25) is 10.0 Å². The molecule has 0 bridgehead atoms. The lowest BCUT2D eigenvalue weighted by molar-refractivity contribution is 0.422. The van der Waals surface area contributed by atoms with Crippen LogP contribution in [0.4, 0.5) is 5.69 Å². The van der Waals surface area contributed by atoms with Gasteiger partial charge in [-0.1, -0.05) is 19.1 Å². The number of para-hydroxylation sites is 1. The van der Waals surface area contributed by atoms with Gasteiger partial charge < -0.3 is 10.6 Å². The maximum absolute atomic E-state index is 12.4. The molecule has 5 nitrogen and oxygen atoms in total. The lowest BCUT2D eigenvalue weighted by atomic mass is 9.98. The summed E-state index contributed by atoms with van der Waals surface area (Å²) in [6.07, 6.45) is 2.95. The van der Waals surface area contributed by atoms with E-state index >= 15 is 0 Å². The summed E-state index contributed by atoms with van der Waals surface area (Å²) in [5.41, 5.74) is 6.57. The molecule has 1 aromatic carbocycles. The molecule has 6 heteroatoms. The molecule has 1 heterocycles. The van der Waals surface area contributed by atoms with Crippen LogP contribution in [0.2, 0.25) is 0 Å². The fourth-order valence-corrected chi connectivity index (χ4v) is 4.09. The maximum Gasteiger partial charge on any atom is 0.242 e. The number of nitrogens with zero attached hydrogens (tertiary/aromatic N) is 1. The summed E-state index contributed by atoms with van der Waals surface area (Å²) in [4.78, 5) is 2.53. The molecule has 118 valence electrons. The van der Waals surface area contributed by atoms with Crippen LogP contribution in [0.25, 0.3) is 0 Å². The number of piperidine rings is 1. The lowest BCUT2D eigenvalue weighted by Gasteiger charge is -2.34. The van der Waals surface area contributed by atoms with Crippen LogP contribution in [0.3, 0.4) is 0 Å². The van der Waals surface area contributed by atoms with Gasteiger partial charge in [0.1, 0.15) is 4.90 Å². The van der Waals surface area contributed by atoms with E-state index in [1.165, 1.54) is 0 Å². The Kier molecular flexibility index (Phi) is 5.61. The Morgan fingerprint density at radius 3 is 2.86 bits per heavy atom. The molecule has 1 unspecified atom stereocenters. The first-order chi connectivity index (χ1) is 10.1. The minimum atomic E-state index is -3.45. The summed E-state index contributed by atoms with van der Waals surface area (Å²) in [6, 6.07) is 7.23. The Labute approximate surface area is 127 Å². The third-order valence-electron chi connectivity index (χ3n) is 3.89. The Bertz CT molecular complexity index is 560. The van der Waals surface area contributed by atoms with E-state index in [1.807, 2.05) is 19.1 Å². The zero-order valence-electron chi connectivity index (χ0n) is 12.6. The monoisotopic (exact) mass is 311 g/mol. The highest BCUT2D eigenvalue weighted by Crippen LogP contribution is 2.28. The van der Waals surface area contributed by atoms with Crippen molar-refractivity contribution >= 4 is 15.7 Å². The van der Waals surface area contributed by atoms with E-state index in [1.54, 1.807) is 12.1 Å². The average Bonchev–Trinajstić information content (AvgIpc) is 2.53. The average molecular weight is 311 g/mol. The third-order valence-corrected chi connectivity index (χ3v) is 5.40. The Morgan fingerprint density at radius 2 is 2.14 bits per heavy atom. The minimum Gasteiger partial charge on any atom is -0.370 e. The van der Waals surface area contributed by atoms with E-state index < -0.39 is 10.0 Å². The molecular weight excluding hydrogens is 286 g/mol. The second-order valence-electron chi connectivity index (χ2n) is 5.56. The fourth-order valence-electron chi connectivity index (χ4n) is 2.74. The molecule has 0 aromatic heterocycles. The first-order valence-electron chi connectivity index (χ1n) is 7.62. The predicted octanol–water partition coefficient (Wildman–Crippen LogP) is 1.55. The summed E-state index contributed by atoms with van der Waals surface area (Å²) in [5.74, 6) is 0.443. The molecule has 1 aliphatic heterocycles.